The third-order valence-electron chi connectivity index (χ3n) is 6.00. The largest absolute Gasteiger partial charge is 0.352 e. The first kappa shape index (κ1) is 15.7. The molecule has 24 heavy (non-hydrogen) atoms. The van der Waals surface area contributed by atoms with E-state index in [4.69, 9.17) is 0 Å². The van der Waals surface area contributed by atoms with E-state index in [1.165, 1.54) is 32.1 Å². The summed E-state index contributed by atoms with van der Waals surface area (Å²) in [6.07, 6.45) is 12.7. The van der Waals surface area contributed by atoms with Crippen molar-refractivity contribution in [1.29, 1.82) is 0 Å². The lowest BCUT2D eigenvalue weighted by molar-refractivity contribution is -0.122. The number of nitrogens with zero attached hydrogens (tertiary/aromatic N) is 2. The highest BCUT2D eigenvalue weighted by atomic mass is 16.2. The molecule has 2 amide bonds. The Morgan fingerprint density at radius 2 is 2.00 bits per heavy atom. The van der Waals surface area contributed by atoms with Crippen LogP contribution in [0.2, 0.25) is 0 Å². The van der Waals surface area contributed by atoms with Gasteiger partial charge in [-0.25, -0.2) is 0 Å². The molecule has 0 saturated heterocycles. The van der Waals surface area contributed by atoms with Gasteiger partial charge in [-0.2, -0.15) is 5.10 Å². The third kappa shape index (κ3) is 3.32. The second kappa shape index (κ2) is 6.57. The van der Waals surface area contributed by atoms with Gasteiger partial charge in [0.25, 0.3) is 0 Å². The molecule has 130 valence electrons. The summed E-state index contributed by atoms with van der Waals surface area (Å²) >= 11 is 0. The molecule has 0 radical (unpaired) electrons. The van der Waals surface area contributed by atoms with Crippen LogP contribution in [-0.2, 0) is 16.1 Å². The van der Waals surface area contributed by atoms with Gasteiger partial charge in [-0.3, -0.25) is 14.3 Å². The van der Waals surface area contributed by atoms with Gasteiger partial charge in [0.05, 0.1) is 11.9 Å². The van der Waals surface area contributed by atoms with Crippen molar-refractivity contribution in [3.8, 4) is 0 Å². The first-order valence-corrected chi connectivity index (χ1v) is 9.30. The smallest absolute Gasteiger partial charge is 0.241 e. The van der Waals surface area contributed by atoms with E-state index < -0.39 is 0 Å². The normalized spacial score (nSPS) is 29.1. The molecule has 0 aromatic carbocycles. The van der Waals surface area contributed by atoms with Crippen LogP contribution in [0.4, 0.5) is 5.69 Å². The Kier molecular flexibility index (Phi) is 4.29. The highest BCUT2D eigenvalue weighted by Gasteiger charge is 2.43. The van der Waals surface area contributed by atoms with Crippen LogP contribution >= 0.6 is 0 Å². The van der Waals surface area contributed by atoms with Crippen molar-refractivity contribution >= 4 is 17.5 Å². The molecule has 3 fully saturated rings. The Morgan fingerprint density at radius 1 is 1.17 bits per heavy atom. The van der Waals surface area contributed by atoms with Crippen molar-refractivity contribution in [3.63, 3.8) is 0 Å². The Labute approximate surface area is 142 Å². The molecule has 0 unspecified atom stereocenters. The summed E-state index contributed by atoms with van der Waals surface area (Å²) in [7, 11) is 0. The minimum atomic E-state index is -0.00372. The van der Waals surface area contributed by atoms with E-state index in [0.717, 1.165) is 25.2 Å². The fourth-order valence-corrected chi connectivity index (χ4v) is 4.81. The zero-order valence-corrected chi connectivity index (χ0v) is 14.0. The fourth-order valence-electron chi connectivity index (χ4n) is 4.81. The van der Waals surface area contributed by atoms with Gasteiger partial charge in [0.15, 0.2) is 0 Å². The van der Waals surface area contributed by atoms with Crippen LogP contribution in [0.3, 0.4) is 0 Å². The van der Waals surface area contributed by atoms with E-state index in [-0.39, 0.29) is 24.3 Å². The highest BCUT2D eigenvalue weighted by Crippen LogP contribution is 2.48. The number of amides is 2. The number of carbonyl (C=O) groups is 2. The van der Waals surface area contributed by atoms with E-state index in [9.17, 15) is 9.59 Å². The van der Waals surface area contributed by atoms with Gasteiger partial charge in [-0.05, 0) is 43.9 Å². The lowest BCUT2D eigenvalue weighted by Gasteiger charge is -2.20. The van der Waals surface area contributed by atoms with Gasteiger partial charge in [-0.15, -0.1) is 0 Å². The zero-order valence-electron chi connectivity index (χ0n) is 14.0. The quantitative estimate of drug-likeness (QED) is 0.870. The number of nitrogens with one attached hydrogen (secondary N) is 2. The molecular formula is C18H26N4O2. The maximum Gasteiger partial charge on any atom is 0.241 e. The average molecular weight is 330 g/mol. The average Bonchev–Trinajstić information content (AvgIpc) is 3.31. The number of anilines is 1. The van der Waals surface area contributed by atoms with E-state index in [1.54, 1.807) is 17.1 Å². The van der Waals surface area contributed by atoms with Crippen molar-refractivity contribution in [2.45, 2.75) is 64.0 Å². The van der Waals surface area contributed by atoms with E-state index in [0.29, 0.717) is 17.6 Å². The number of carbonyl (C=O) groups excluding carboxylic acids is 2. The molecule has 3 aliphatic rings. The van der Waals surface area contributed by atoms with Crippen LogP contribution in [0.25, 0.3) is 0 Å². The van der Waals surface area contributed by atoms with E-state index in [2.05, 4.69) is 15.7 Å². The van der Waals surface area contributed by atoms with Crippen molar-refractivity contribution in [3.05, 3.63) is 12.4 Å². The second-order valence-electron chi connectivity index (χ2n) is 7.75. The lowest BCUT2D eigenvalue weighted by atomic mass is 9.88. The molecule has 6 heteroatoms. The summed E-state index contributed by atoms with van der Waals surface area (Å²) in [5, 5.41) is 10.2. The molecule has 4 rings (SSSR count). The van der Waals surface area contributed by atoms with Gasteiger partial charge in [0, 0.05) is 18.2 Å². The van der Waals surface area contributed by atoms with Crippen molar-refractivity contribution in [2.75, 3.05) is 5.32 Å². The van der Waals surface area contributed by atoms with Gasteiger partial charge in [-0.1, -0.05) is 19.3 Å². The van der Waals surface area contributed by atoms with Gasteiger partial charge in [0.2, 0.25) is 11.8 Å². The first-order chi connectivity index (χ1) is 11.7. The van der Waals surface area contributed by atoms with Gasteiger partial charge in [0.1, 0.15) is 6.54 Å². The Hall–Kier alpha value is -1.85. The molecule has 1 aromatic heterocycles. The maximum atomic E-state index is 12.4. The first-order valence-electron chi connectivity index (χ1n) is 9.30. The molecule has 3 aliphatic carbocycles. The monoisotopic (exact) mass is 330 g/mol. The lowest BCUT2D eigenvalue weighted by Crippen LogP contribution is -2.35. The molecule has 2 N–H and O–H groups in total. The Morgan fingerprint density at radius 3 is 2.71 bits per heavy atom. The third-order valence-corrected chi connectivity index (χ3v) is 6.00. The molecule has 6 nitrogen and oxygen atoms in total. The molecular weight excluding hydrogens is 304 g/mol. The summed E-state index contributed by atoms with van der Waals surface area (Å²) in [6, 6.07) is 0.324. The topological polar surface area (TPSA) is 76.0 Å². The van der Waals surface area contributed by atoms with Crippen LogP contribution in [0.5, 0.6) is 0 Å². The molecule has 2 bridgehead atoms. The summed E-state index contributed by atoms with van der Waals surface area (Å²) in [4.78, 5) is 24.5. The number of aromatic nitrogens is 2. The molecule has 3 atom stereocenters. The molecule has 0 aliphatic heterocycles. The van der Waals surface area contributed by atoms with Crippen molar-refractivity contribution in [1.82, 2.24) is 15.1 Å². The Balaban J connectivity index is 1.28. The number of hydrogen-bond acceptors (Lipinski definition) is 3. The van der Waals surface area contributed by atoms with Crippen LogP contribution in [0, 0.1) is 17.8 Å². The standard InChI is InChI=1S/C18H26N4O2/c23-17(20-14-3-1-2-4-14)11-22-10-15(9-19-22)21-18(24)16-8-12-5-6-13(16)7-12/h9-10,12-14,16H,1-8,11H2,(H,20,23)(H,21,24)/t12-,13-,16+/m0/s1. The number of rotatable bonds is 5. The highest BCUT2D eigenvalue weighted by molar-refractivity contribution is 5.92. The van der Waals surface area contributed by atoms with Crippen molar-refractivity contribution < 1.29 is 9.59 Å². The number of fused-ring (bicyclic) bond motifs is 2. The van der Waals surface area contributed by atoms with E-state index >= 15 is 0 Å². The molecule has 0 spiro atoms. The second-order valence-corrected chi connectivity index (χ2v) is 7.75. The van der Waals surface area contributed by atoms with Gasteiger partial charge < -0.3 is 10.6 Å². The van der Waals surface area contributed by atoms with E-state index in [1.807, 2.05) is 0 Å². The van der Waals surface area contributed by atoms with Crippen LogP contribution in [-0.4, -0.2) is 27.6 Å². The summed E-state index contributed by atoms with van der Waals surface area (Å²) in [6.45, 7) is 0.209. The molecule has 3 saturated carbocycles. The van der Waals surface area contributed by atoms with Crippen molar-refractivity contribution in [2.24, 2.45) is 17.8 Å². The summed E-state index contributed by atoms with van der Waals surface area (Å²) < 4.78 is 1.60. The molecule has 1 aromatic rings. The SMILES string of the molecule is O=C(Cn1cc(NC(=O)[C@@H]2C[C@H]3CC[C@H]2C3)cn1)NC1CCCC1. The zero-order chi connectivity index (χ0) is 16.5. The molecule has 1 heterocycles. The summed E-state index contributed by atoms with van der Waals surface area (Å²) in [5.41, 5.74) is 0.691. The maximum absolute atomic E-state index is 12.4. The van der Waals surface area contributed by atoms with Crippen LogP contribution in [0.15, 0.2) is 12.4 Å². The number of hydrogen-bond donors (Lipinski definition) is 2. The predicted octanol–water partition coefficient (Wildman–Crippen LogP) is 2.32. The van der Waals surface area contributed by atoms with Gasteiger partial charge >= 0.3 is 0 Å². The minimum Gasteiger partial charge on any atom is -0.352 e. The summed E-state index contributed by atoms with van der Waals surface area (Å²) in [5.74, 6) is 1.61. The predicted molar refractivity (Wildman–Crippen MR) is 90.2 cm³/mol. The minimum absolute atomic E-state index is 0.00372. The Bertz CT molecular complexity index is 620. The fraction of sp³-hybridized carbons (Fsp3) is 0.722. The van der Waals surface area contributed by atoms with Crippen LogP contribution in [0.1, 0.15) is 51.4 Å². The van der Waals surface area contributed by atoms with Crippen LogP contribution < -0.4 is 10.6 Å².